The number of likely N-dealkylation sites (tertiary alicyclic amines) is 2. The van der Waals surface area contributed by atoms with E-state index in [1.807, 2.05) is 0 Å². The second kappa shape index (κ2) is 7.63. The number of amides is 1. The van der Waals surface area contributed by atoms with E-state index < -0.39 is 0 Å². The van der Waals surface area contributed by atoms with Crippen molar-refractivity contribution in [3.63, 3.8) is 0 Å². The number of hydrogen-bond acceptors (Lipinski definition) is 2. The first-order chi connectivity index (χ1) is 12.6. The molecule has 4 rings (SSSR count). The first kappa shape index (κ1) is 17.9. The predicted molar refractivity (Wildman–Crippen MR) is 96.8 cm³/mol. The van der Waals surface area contributed by atoms with E-state index in [2.05, 4.69) is 9.80 Å². The van der Waals surface area contributed by atoms with Gasteiger partial charge in [-0.3, -0.25) is 9.69 Å². The summed E-state index contributed by atoms with van der Waals surface area (Å²) in [6.45, 7) is 3.40. The molecular formula is C21H28F2N2O. The summed E-state index contributed by atoms with van der Waals surface area (Å²) in [6, 6.07) is 2.46. The van der Waals surface area contributed by atoms with Crippen LogP contribution < -0.4 is 0 Å². The molecule has 0 radical (unpaired) electrons. The summed E-state index contributed by atoms with van der Waals surface area (Å²) >= 11 is 0. The van der Waals surface area contributed by atoms with E-state index >= 15 is 0 Å². The molecule has 1 amide bonds. The lowest BCUT2D eigenvalue weighted by Crippen LogP contribution is -2.43. The molecule has 1 aliphatic carbocycles. The summed E-state index contributed by atoms with van der Waals surface area (Å²) in [5.41, 5.74) is 1.11. The Morgan fingerprint density at radius 2 is 1.54 bits per heavy atom. The molecule has 2 saturated heterocycles. The highest BCUT2D eigenvalue weighted by atomic mass is 19.1. The second-order valence-corrected chi connectivity index (χ2v) is 8.03. The van der Waals surface area contributed by atoms with Crippen molar-refractivity contribution in [2.75, 3.05) is 26.2 Å². The number of nitrogens with zero attached hydrogens (tertiary/aromatic N) is 2. The molecule has 3 aliphatic rings. The van der Waals surface area contributed by atoms with Crippen LogP contribution in [0, 0.1) is 17.6 Å². The van der Waals surface area contributed by atoms with Crippen LogP contribution in [0.15, 0.2) is 12.1 Å². The first-order valence-electron chi connectivity index (χ1n) is 10.1. The average molecular weight is 362 g/mol. The highest BCUT2D eigenvalue weighted by molar-refractivity contribution is 5.79. The smallest absolute Gasteiger partial charge is 0.225 e. The molecule has 1 aromatic rings. The number of hydrogen-bond donors (Lipinski definition) is 0. The van der Waals surface area contributed by atoms with Crippen molar-refractivity contribution in [3.05, 3.63) is 34.9 Å². The number of carbonyl (C=O) groups excluding carboxylic acids is 1. The van der Waals surface area contributed by atoms with Crippen molar-refractivity contribution < 1.29 is 13.6 Å². The predicted octanol–water partition coefficient (Wildman–Crippen LogP) is 4.07. The van der Waals surface area contributed by atoms with Crippen LogP contribution in [0.25, 0.3) is 0 Å². The molecule has 2 aliphatic heterocycles. The molecule has 2 fully saturated rings. The van der Waals surface area contributed by atoms with Crippen molar-refractivity contribution >= 4 is 5.91 Å². The van der Waals surface area contributed by atoms with E-state index in [1.54, 1.807) is 0 Å². The fraction of sp³-hybridized carbons (Fsp3) is 0.667. The zero-order chi connectivity index (χ0) is 18.1. The summed E-state index contributed by atoms with van der Waals surface area (Å²) in [4.78, 5) is 17.2. The molecule has 0 N–H and O–H groups in total. The minimum Gasteiger partial charge on any atom is -0.342 e. The fourth-order valence-corrected chi connectivity index (χ4v) is 5.02. The average Bonchev–Trinajstić information content (AvgIpc) is 2.94. The zero-order valence-corrected chi connectivity index (χ0v) is 15.4. The highest BCUT2D eigenvalue weighted by Crippen LogP contribution is 2.40. The van der Waals surface area contributed by atoms with Gasteiger partial charge < -0.3 is 4.90 Å². The molecule has 26 heavy (non-hydrogen) atoms. The molecule has 5 heteroatoms. The lowest BCUT2D eigenvalue weighted by Gasteiger charge is -2.37. The Bertz CT molecular complexity index is 662. The van der Waals surface area contributed by atoms with Gasteiger partial charge in [-0.1, -0.05) is 12.8 Å². The monoisotopic (exact) mass is 362 g/mol. The molecule has 142 valence electrons. The van der Waals surface area contributed by atoms with Crippen molar-refractivity contribution in [1.82, 2.24) is 9.80 Å². The van der Waals surface area contributed by atoms with Crippen molar-refractivity contribution in [1.29, 1.82) is 0 Å². The van der Waals surface area contributed by atoms with Gasteiger partial charge in [0.2, 0.25) is 5.91 Å². The minimum atomic E-state index is -0.285. The lowest BCUT2D eigenvalue weighted by atomic mass is 9.93. The molecule has 0 aromatic heterocycles. The summed E-state index contributed by atoms with van der Waals surface area (Å²) in [7, 11) is 0. The molecule has 0 spiro atoms. The maximum absolute atomic E-state index is 14.3. The minimum absolute atomic E-state index is 0.0325. The van der Waals surface area contributed by atoms with E-state index in [0.717, 1.165) is 58.3 Å². The topological polar surface area (TPSA) is 23.6 Å². The van der Waals surface area contributed by atoms with Crippen molar-refractivity contribution in [2.45, 2.75) is 57.4 Å². The van der Waals surface area contributed by atoms with Crippen LogP contribution in [0.5, 0.6) is 0 Å². The van der Waals surface area contributed by atoms with Gasteiger partial charge >= 0.3 is 0 Å². The molecule has 1 atom stereocenters. The Morgan fingerprint density at radius 3 is 2.23 bits per heavy atom. The lowest BCUT2D eigenvalue weighted by molar-refractivity contribution is -0.137. The second-order valence-electron chi connectivity index (χ2n) is 8.03. The van der Waals surface area contributed by atoms with E-state index in [-0.39, 0.29) is 23.6 Å². The number of benzene rings is 1. The van der Waals surface area contributed by atoms with Crippen molar-refractivity contribution in [2.24, 2.45) is 5.92 Å². The van der Waals surface area contributed by atoms with E-state index in [0.29, 0.717) is 23.5 Å². The van der Waals surface area contributed by atoms with Crippen LogP contribution in [0.4, 0.5) is 8.78 Å². The quantitative estimate of drug-likeness (QED) is 0.792. The van der Waals surface area contributed by atoms with Gasteiger partial charge in [-0.2, -0.15) is 0 Å². The van der Waals surface area contributed by atoms with Crippen LogP contribution >= 0.6 is 0 Å². The summed E-state index contributed by atoms with van der Waals surface area (Å²) < 4.78 is 28.3. The Labute approximate surface area is 154 Å². The number of piperidine rings is 1. The van der Waals surface area contributed by atoms with Crippen LogP contribution in [0.1, 0.15) is 62.1 Å². The molecule has 0 saturated carbocycles. The Kier molecular flexibility index (Phi) is 5.25. The van der Waals surface area contributed by atoms with Crippen LogP contribution in [-0.2, 0) is 11.2 Å². The number of halogens is 2. The number of fused-ring (bicyclic) bond motifs is 1. The Morgan fingerprint density at radius 1 is 0.885 bits per heavy atom. The molecule has 0 bridgehead atoms. The third kappa shape index (κ3) is 3.38. The van der Waals surface area contributed by atoms with Gasteiger partial charge in [-0.05, 0) is 69.3 Å². The number of carbonyl (C=O) groups is 1. The molecule has 3 nitrogen and oxygen atoms in total. The zero-order valence-electron chi connectivity index (χ0n) is 15.4. The molecular weight excluding hydrogens is 334 g/mol. The van der Waals surface area contributed by atoms with Crippen LogP contribution in [-0.4, -0.2) is 41.9 Å². The van der Waals surface area contributed by atoms with E-state index in [1.165, 1.54) is 25.0 Å². The molecule has 2 heterocycles. The number of rotatable bonds is 2. The third-order valence-electron chi connectivity index (χ3n) is 6.48. The Hall–Kier alpha value is -1.49. The summed E-state index contributed by atoms with van der Waals surface area (Å²) in [5, 5.41) is 0. The first-order valence-corrected chi connectivity index (χ1v) is 10.1. The highest BCUT2D eigenvalue weighted by Gasteiger charge is 2.36. The van der Waals surface area contributed by atoms with Gasteiger partial charge in [0.05, 0.1) is 0 Å². The Balaban J connectivity index is 1.39. The van der Waals surface area contributed by atoms with Gasteiger partial charge in [0.15, 0.2) is 0 Å². The summed E-state index contributed by atoms with van der Waals surface area (Å²) in [6.07, 6.45) is 7.74. The van der Waals surface area contributed by atoms with Crippen molar-refractivity contribution in [3.8, 4) is 0 Å². The van der Waals surface area contributed by atoms with Gasteiger partial charge in [0.25, 0.3) is 0 Å². The third-order valence-corrected chi connectivity index (χ3v) is 6.48. The molecule has 1 aromatic carbocycles. The normalized spacial score (nSPS) is 25.2. The van der Waals surface area contributed by atoms with Gasteiger partial charge in [-0.15, -0.1) is 0 Å². The molecule has 1 unspecified atom stereocenters. The standard InChI is InChI=1S/C21H28F2N2O/c22-17-6-7-18(23)20-16(17)5-8-19(20)24-13-9-15(10-14-24)21(26)25-11-3-1-2-4-12-25/h6-7,15,19H,1-5,8-14H2. The van der Waals surface area contributed by atoms with Crippen LogP contribution in [0.2, 0.25) is 0 Å². The summed E-state index contributed by atoms with van der Waals surface area (Å²) in [5.74, 6) is -0.153. The maximum Gasteiger partial charge on any atom is 0.225 e. The largest absolute Gasteiger partial charge is 0.342 e. The fourth-order valence-electron chi connectivity index (χ4n) is 5.02. The SMILES string of the molecule is O=C(C1CCN(C2CCc3c(F)ccc(F)c32)CC1)N1CCCCCC1. The van der Waals surface area contributed by atoms with Gasteiger partial charge in [0, 0.05) is 30.6 Å². The van der Waals surface area contributed by atoms with E-state index in [9.17, 15) is 13.6 Å². The van der Waals surface area contributed by atoms with Gasteiger partial charge in [0.1, 0.15) is 11.6 Å². The maximum atomic E-state index is 14.3. The van der Waals surface area contributed by atoms with Crippen LogP contribution in [0.3, 0.4) is 0 Å². The van der Waals surface area contributed by atoms with Gasteiger partial charge in [-0.25, -0.2) is 8.78 Å². The van der Waals surface area contributed by atoms with E-state index in [4.69, 9.17) is 0 Å².